The predicted octanol–water partition coefficient (Wildman–Crippen LogP) is 3.74. The Morgan fingerprint density at radius 2 is 1.55 bits per heavy atom. The van der Waals surface area contributed by atoms with Gasteiger partial charge in [-0.15, -0.1) is 0 Å². The van der Waals surface area contributed by atoms with Crippen molar-refractivity contribution < 1.29 is 9.84 Å². The van der Waals surface area contributed by atoms with Crippen molar-refractivity contribution in [3.05, 3.63) is 95.8 Å². The van der Waals surface area contributed by atoms with Gasteiger partial charge in [-0.05, 0) is 17.2 Å². The van der Waals surface area contributed by atoms with Gasteiger partial charge in [0.15, 0.2) is 0 Å². The maximum Gasteiger partial charge on any atom is 0.138 e. The van der Waals surface area contributed by atoms with Crippen LogP contribution in [0.5, 0.6) is 5.75 Å². The fourth-order valence-electron chi connectivity index (χ4n) is 2.23. The van der Waals surface area contributed by atoms with E-state index in [0.717, 1.165) is 16.7 Å². The molecule has 0 spiro atoms. The minimum Gasteiger partial charge on any atom is -0.487 e. The Kier molecular flexibility index (Phi) is 4.47. The summed E-state index contributed by atoms with van der Waals surface area (Å²) in [6, 6.07) is 21.3. The van der Waals surface area contributed by atoms with E-state index in [9.17, 15) is 5.11 Å². The summed E-state index contributed by atoms with van der Waals surface area (Å²) >= 11 is 0. The van der Waals surface area contributed by atoms with Crippen LogP contribution in [0.1, 0.15) is 22.8 Å². The molecule has 0 fully saturated rings. The Bertz CT molecular complexity index is 714. The first-order valence-corrected chi connectivity index (χ1v) is 7.17. The second-order valence-corrected chi connectivity index (χ2v) is 5.04. The molecule has 110 valence electrons. The van der Waals surface area contributed by atoms with Gasteiger partial charge in [-0.2, -0.15) is 0 Å². The van der Waals surface area contributed by atoms with Crippen LogP contribution in [-0.4, -0.2) is 10.1 Å². The van der Waals surface area contributed by atoms with Crippen molar-refractivity contribution in [2.75, 3.05) is 0 Å². The van der Waals surface area contributed by atoms with Crippen LogP contribution >= 0.6 is 0 Å². The van der Waals surface area contributed by atoms with Crippen LogP contribution in [0.2, 0.25) is 0 Å². The first-order chi connectivity index (χ1) is 10.8. The van der Waals surface area contributed by atoms with Gasteiger partial charge in [-0.3, -0.25) is 4.98 Å². The smallest absolute Gasteiger partial charge is 0.138 e. The minimum atomic E-state index is -0.700. The van der Waals surface area contributed by atoms with E-state index in [4.69, 9.17) is 4.74 Å². The zero-order chi connectivity index (χ0) is 15.2. The fourth-order valence-corrected chi connectivity index (χ4v) is 2.23. The number of aliphatic hydroxyl groups is 1. The third kappa shape index (κ3) is 3.51. The molecule has 0 aliphatic rings. The molecule has 0 amide bonds. The number of aromatic nitrogens is 1. The van der Waals surface area contributed by atoms with Crippen molar-refractivity contribution in [1.29, 1.82) is 0 Å². The van der Waals surface area contributed by atoms with Gasteiger partial charge in [0.25, 0.3) is 0 Å². The Morgan fingerprint density at radius 3 is 2.27 bits per heavy atom. The molecular formula is C19H17NO2. The molecule has 0 saturated carbocycles. The Balaban J connectivity index is 1.72. The first-order valence-electron chi connectivity index (χ1n) is 7.17. The van der Waals surface area contributed by atoms with Crippen molar-refractivity contribution in [1.82, 2.24) is 4.98 Å². The zero-order valence-corrected chi connectivity index (χ0v) is 12.1. The molecule has 1 unspecified atom stereocenters. The molecule has 3 rings (SSSR count). The third-order valence-corrected chi connectivity index (χ3v) is 3.41. The van der Waals surface area contributed by atoms with Crippen molar-refractivity contribution in [3.8, 4) is 5.75 Å². The van der Waals surface area contributed by atoms with Gasteiger partial charge in [0, 0.05) is 11.8 Å². The highest BCUT2D eigenvalue weighted by Gasteiger charge is 2.11. The molecule has 1 N–H and O–H groups in total. The van der Waals surface area contributed by atoms with E-state index < -0.39 is 6.10 Å². The van der Waals surface area contributed by atoms with Crippen LogP contribution < -0.4 is 4.74 Å². The monoisotopic (exact) mass is 291 g/mol. The third-order valence-electron chi connectivity index (χ3n) is 3.41. The van der Waals surface area contributed by atoms with Gasteiger partial charge in [-0.25, -0.2) is 0 Å². The molecule has 2 aromatic carbocycles. The van der Waals surface area contributed by atoms with E-state index in [-0.39, 0.29) is 0 Å². The Labute approximate surface area is 129 Å². The van der Waals surface area contributed by atoms with Gasteiger partial charge in [0.1, 0.15) is 18.5 Å². The Hall–Kier alpha value is -2.65. The van der Waals surface area contributed by atoms with Crippen molar-refractivity contribution >= 4 is 0 Å². The summed E-state index contributed by atoms with van der Waals surface area (Å²) in [6.45, 7) is 0.480. The standard InChI is InChI=1S/C19H17NO2/c21-19(16-9-5-2-6-10-16)17-11-18(13-20-12-17)22-14-15-7-3-1-4-8-15/h1-13,19,21H,14H2. The molecule has 3 heteroatoms. The topological polar surface area (TPSA) is 42.4 Å². The second-order valence-electron chi connectivity index (χ2n) is 5.04. The lowest BCUT2D eigenvalue weighted by atomic mass is 10.0. The summed E-state index contributed by atoms with van der Waals surface area (Å²) in [5.74, 6) is 0.649. The summed E-state index contributed by atoms with van der Waals surface area (Å²) in [5, 5.41) is 10.4. The molecule has 0 bridgehead atoms. The maximum atomic E-state index is 10.4. The lowest BCUT2D eigenvalue weighted by Gasteiger charge is -2.12. The predicted molar refractivity (Wildman–Crippen MR) is 85.5 cm³/mol. The van der Waals surface area contributed by atoms with E-state index in [1.165, 1.54) is 0 Å². The number of ether oxygens (including phenoxy) is 1. The molecule has 0 radical (unpaired) electrons. The Morgan fingerprint density at radius 1 is 0.864 bits per heavy atom. The van der Waals surface area contributed by atoms with Gasteiger partial charge in [-0.1, -0.05) is 60.7 Å². The van der Waals surface area contributed by atoms with E-state index in [1.54, 1.807) is 12.4 Å². The zero-order valence-electron chi connectivity index (χ0n) is 12.1. The van der Waals surface area contributed by atoms with Crippen LogP contribution in [0.15, 0.2) is 79.1 Å². The molecular weight excluding hydrogens is 274 g/mol. The average molecular weight is 291 g/mol. The summed E-state index contributed by atoms with van der Waals surface area (Å²) in [7, 11) is 0. The molecule has 0 aliphatic carbocycles. The van der Waals surface area contributed by atoms with Gasteiger partial charge in [0.05, 0.1) is 6.20 Å². The van der Waals surface area contributed by atoms with E-state index in [2.05, 4.69) is 4.98 Å². The normalized spacial score (nSPS) is 11.9. The van der Waals surface area contributed by atoms with Gasteiger partial charge < -0.3 is 9.84 Å². The molecule has 1 aromatic heterocycles. The van der Waals surface area contributed by atoms with E-state index in [0.29, 0.717) is 12.4 Å². The second kappa shape index (κ2) is 6.87. The molecule has 22 heavy (non-hydrogen) atoms. The number of hydrogen-bond donors (Lipinski definition) is 1. The summed E-state index contributed by atoms with van der Waals surface area (Å²) in [4.78, 5) is 4.16. The molecule has 0 aliphatic heterocycles. The van der Waals surface area contributed by atoms with E-state index in [1.807, 2.05) is 66.7 Å². The van der Waals surface area contributed by atoms with Gasteiger partial charge in [0.2, 0.25) is 0 Å². The number of pyridine rings is 1. The van der Waals surface area contributed by atoms with Crippen molar-refractivity contribution in [2.24, 2.45) is 0 Å². The minimum absolute atomic E-state index is 0.480. The number of rotatable bonds is 5. The van der Waals surface area contributed by atoms with Gasteiger partial charge >= 0.3 is 0 Å². The average Bonchev–Trinajstić information content (AvgIpc) is 2.61. The van der Waals surface area contributed by atoms with E-state index >= 15 is 0 Å². The number of nitrogens with zero attached hydrogens (tertiary/aromatic N) is 1. The quantitative estimate of drug-likeness (QED) is 0.778. The highest BCUT2D eigenvalue weighted by molar-refractivity contribution is 5.32. The molecule has 1 heterocycles. The lowest BCUT2D eigenvalue weighted by Crippen LogP contribution is -2.02. The number of hydrogen-bond acceptors (Lipinski definition) is 3. The SMILES string of the molecule is OC(c1ccccc1)c1cncc(OCc2ccccc2)c1. The van der Waals surface area contributed by atoms with Crippen molar-refractivity contribution in [3.63, 3.8) is 0 Å². The van der Waals surface area contributed by atoms with Crippen LogP contribution in [0, 0.1) is 0 Å². The highest BCUT2D eigenvalue weighted by atomic mass is 16.5. The largest absolute Gasteiger partial charge is 0.487 e. The molecule has 1 atom stereocenters. The van der Waals surface area contributed by atoms with Crippen LogP contribution in [0.4, 0.5) is 0 Å². The number of aliphatic hydroxyl groups excluding tert-OH is 1. The summed E-state index contributed by atoms with van der Waals surface area (Å²) < 4.78 is 5.75. The van der Waals surface area contributed by atoms with Crippen LogP contribution in [0.3, 0.4) is 0 Å². The number of benzene rings is 2. The fraction of sp³-hybridized carbons (Fsp3) is 0.105. The summed E-state index contributed by atoms with van der Waals surface area (Å²) in [5.41, 5.74) is 2.65. The molecule has 3 aromatic rings. The first kappa shape index (κ1) is 14.3. The van der Waals surface area contributed by atoms with Crippen LogP contribution in [-0.2, 0) is 6.61 Å². The maximum absolute atomic E-state index is 10.4. The lowest BCUT2D eigenvalue weighted by molar-refractivity contribution is 0.218. The van der Waals surface area contributed by atoms with Crippen LogP contribution in [0.25, 0.3) is 0 Å². The summed E-state index contributed by atoms with van der Waals surface area (Å²) in [6.07, 6.45) is 2.62. The highest BCUT2D eigenvalue weighted by Crippen LogP contribution is 2.24. The van der Waals surface area contributed by atoms with Crippen molar-refractivity contribution in [2.45, 2.75) is 12.7 Å². The molecule has 0 saturated heterocycles. The molecule has 3 nitrogen and oxygen atoms in total.